The zero-order valence-corrected chi connectivity index (χ0v) is 11.1. The summed E-state index contributed by atoms with van der Waals surface area (Å²) in [6, 6.07) is 1.42. The third-order valence-corrected chi connectivity index (χ3v) is 3.81. The average Bonchev–Trinajstić information content (AvgIpc) is 2.64. The molecular formula is C13H28N2. The number of nitrogens with zero attached hydrogens (tertiary/aromatic N) is 1. The van der Waals surface area contributed by atoms with Crippen LogP contribution in [-0.4, -0.2) is 37.6 Å². The summed E-state index contributed by atoms with van der Waals surface area (Å²) < 4.78 is 0. The van der Waals surface area contributed by atoms with Crippen LogP contribution in [0.25, 0.3) is 0 Å². The first-order valence-corrected chi connectivity index (χ1v) is 6.32. The smallest absolute Gasteiger partial charge is 0.0240 e. The molecule has 1 N–H and O–H groups in total. The van der Waals surface area contributed by atoms with E-state index < -0.39 is 0 Å². The standard InChI is InChI=1S/C13H28N2/c1-13(2,3)12(14-4)10-15(5)11-8-6-7-9-11/h11-12,14H,6-10H2,1-5H3. The molecular weight excluding hydrogens is 184 g/mol. The van der Waals surface area contributed by atoms with Gasteiger partial charge in [-0.3, -0.25) is 0 Å². The molecule has 1 aliphatic carbocycles. The molecule has 0 bridgehead atoms. The maximum atomic E-state index is 3.45. The van der Waals surface area contributed by atoms with Gasteiger partial charge in [-0.25, -0.2) is 0 Å². The van der Waals surface area contributed by atoms with Gasteiger partial charge in [0.05, 0.1) is 0 Å². The summed E-state index contributed by atoms with van der Waals surface area (Å²) in [5.41, 5.74) is 0.349. The van der Waals surface area contributed by atoms with Crippen LogP contribution >= 0.6 is 0 Å². The van der Waals surface area contributed by atoms with Crippen molar-refractivity contribution in [2.45, 2.75) is 58.5 Å². The van der Waals surface area contributed by atoms with Gasteiger partial charge >= 0.3 is 0 Å². The summed E-state index contributed by atoms with van der Waals surface area (Å²) in [5, 5.41) is 3.45. The fourth-order valence-corrected chi connectivity index (χ4v) is 2.58. The lowest BCUT2D eigenvalue weighted by atomic mass is 9.86. The van der Waals surface area contributed by atoms with E-state index in [4.69, 9.17) is 0 Å². The number of rotatable bonds is 4. The molecule has 0 radical (unpaired) electrons. The molecule has 0 amide bonds. The van der Waals surface area contributed by atoms with Crippen LogP contribution in [0, 0.1) is 5.41 Å². The lowest BCUT2D eigenvalue weighted by molar-refractivity contribution is 0.166. The highest BCUT2D eigenvalue weighted by Crippen LogP contribution is 2.25. The number of hydrogen-bond donors (Lipinski definition) is 1. The second-order valence-corrected chi connectivity index (χ2v) is 6.09. The van der Waals surface area contributed by atoms with Gasteiger partial charge in [0.1, 0.15) is 0 Å². The Balaban J connectivity index is 2.43. The molecule has 2 nitrogen and oxygen atoms in total. The molecule has 0 spiro atoms. The molecule has 1 atom stereocenters. The molecule has 2 heteroatoms. The minimum absolute atomic E-state index is 0.349. The predicted octanol–water partition coefficient (Wildman–Crippen LogP) is 2.49. The average molecular weight is 212 g/mol. The van der Waals surface area contributed by atoms with Gasteiger partial charge in [-0.05, 0) is 32.4 Å². The normalized spacial score (nSPS) is 21.2. The lowest BCUT2D eigenvalue weighted by Crippen LogP contribution is -2.48. The molecule has 1 aliphatic rings. The Bertz CT molecular complexity index is 177. The predicted molar refractivity (Wildman–Crippen MR) is 67.2 cm³/mol. The van der Waals surface area contributed by atoms with Crippen LogP contribution in [0.1, 0.15) is 46.5 Å². The van der Waals surface area contributed by atoms with E-state index in [2.05, 4.69) is 45.1 Å². The van der Waals surface area contributed by atoms with Crippen LogP contribution in [0.5, 0.6) is 0 Å². The van der Waals surface area contributed by atoms with Crippen molar-refractivity contribution in [1.29, 1.82) is 0 Å². The molecule has 1 saturated carbocycles. The maximum Gasteiger partial charge on any atom is 0.0240 e. The Morgan fingerprint density at radius 3 is 2.20 bits per heavy atom. The fraction of sp³-hybridized carbons (Fsp3) is 1.00. The van der Waals surface area contributed by atoms with E-state index in [9.17, 15) is 0 Å². The van der Waals surface area contributed by atoms with Crippen molar-refractivity contribution in [1.82, 2.24) is 10.2 Å². The van der Waals surface area contributed by atoms with Crippen molar-refractivity contribution < 1.29 is 0 Å². The molecule has 0 aromatic heterocycles. The molecule has 0 aromatic rings. The van der Waals surface area contributed by atoms with Crippen molar-refractivity contribution in [3.63, 3.8) is 0 Å². The highest BCUT2D eigenvalue weighted by molar-refractivity contribution is 4.85. The summed E-state index contributed by atoms with van der Waals surface area (Å²) in [6.45, 7) is 8.12. The van der Waals surface area contributed by atoms with Gasteiger partial charge in [-0.2, -0.15) is 0 Å². The van der Waals surface area contributed by atoms with E-state index in [-0.39, 0.29) is 0 Å². The molecule has 1 fully saturated rings. The highest BCUT2D eigenvalue weighted by atomic mass is 15.2. The van der Waals surface area contributed by atoms with E-state index >= 15 is 0 Å². The second kappa shape index (κ2) is 5.31. The number of hydrogen-bond acceptors (Lipinski definition) is 2. The van der Waals surface area contributed by atoms with Crippen molar-refractivity contribution in [2.75, 3.05) is 20.6 Å². The molecule has 0 aromatic carbocycles. The van der Waals surface area contributed by atoms with Gasteiger partial charge in [0.15, 0.2) is 0 Å². The van der Waals surface area contributed by atoms with E-state index in [0.29, 0.717) is 11.5 Å². The van der Waals surface area contributed by atoms with Crippen LogP contribution in [-0.2, 0) is 0 Å². The molecule has 0 saturated heterocycles. The van der Waals surface area contributed by atoms with E-state index in [1.54, 1.807) is 0 Å². The number of likely N-dealkylation sites (N-methyl/N-ethyl adjacent to an activating group) is 2. The highest BCUT2D eigenvalue weighted by Gasteiger charge is 2.27. The lowest BCUT2D eigenvalue weighted by Gasteiger charge is -2.36. The molecule has 0 aliphatic heterocycles. The van der Waals surface area contributed by atoms with Crippen molar-refractivity contribution >= 4 is 0 Å². The molecule has 15 heavy (non-hydrogen) atoms. The van der Waals surface area contributed by atoms with Gasteiger partial charge in [0.25, 0.3) is 0 Å². The minimum atomic E-state index is 0.349. The van der Waals surface area contributed by atoms with Gasteiger partial charge < -0.3 is 10.2 Å². The summed E-state index contributed by atoms with van der Waals surface area (Å²) in [6.07, 6.45) is 5.65. The third-order valence-electron chi connectivity index (χ3n) is 3.81. The van der Waals surface area contributed by atoms with Crippen LogP contribution in [0.2, 0.25) is 0 Å². The Kier molecular flexibility index (Phi) is 4.60. The van der Waals surface area contributed by atoms with Gasteiger partial charge in [-0.1, -0.05) is 33.6 Å². The molecule has 0 heterocycles. The van der Waals surface area contributed by atoms with Gasteiger partial charge in [-0.15, -0.1) is 0 Å². The number of nitrogens with one attached hydrogen (secondary N) is 1. The minimum Gasteiger partial charge on any atom is -0.315 e. The monoisotopic (exact) mass is 212 g/mol. The quantitative estimate of drug-likeness (QED) is 0.770. The van der Waals surface area contributed by atoms with Crippen molar-refractivity contribution in [3.05, 3.63) is 0 Å². The first-order chi connectivity index (χ1) is 6.95. The van der Waals surface area contributed by atoms with Crippen LogP contribution in [0.4, 0.5) is 0 Å². The van der Waals surface area contributed by atoms with Crippen LogP contribution in [0.3, 0.4) is 0 Å². The Labute approximate surface area is 95.4 Å². The Hall–Kier alpha value is -0.0800. The first kappa shape index (κ1) is 13.0. The summed E-state index contributed by atoms with van der Waals surface area (Å²) >= 11 is 0. The first-order valence-electron chi connectivity index (χ1n) is 6.32. The molecule has 1 rings (SSSR count). The second-order valence-electron chi connectivity index (χ2n) is 6.09. The van der Waals surface area contributed by atoms with E-state index in [1.807, 2.05) is 0 Å². The van der Waals surface area contributed by atoms with E-state index in [1.165, 1.54) is 32.2 Å². The van der Waals surface area contributed by atoms with Crippen molar-refractivity contribution in [2.24, 2.45) is 5.41 Å². The summed E-state index contributed by atoms with van der Waals surface area (Å²) in [7, 11) is 4.37. The van der Waals surface area contributed by atoms with E-state index in [0.717, 1.165) is 6.04 Å². The van der Waals surface area contributed by atoms with Gasteiger partial charge in [0, 0.05) is 18.6 Å². The topological polar surface area (TPSA) is 15.3 Å². The molecule has 1 unspecified atom stereocenters. The Morgan fingerprint density at radius 1 is 1.27 bits per heavy atom. The maximum absolute atomic E-state index is 3.45. The van der Waals surface area contributed by atoms with Gasteiger partial charge in [0.2, 0.25) is 0 Å². The van der Waals surface area contributed by atoms with Crippen LogP contribution < -0.4 is 5.32 Å². The zero-order valence-electron chi connectivity index (χ0n) is 11.1. The fourth-order valence-electron chi connectivity index (χ4n) is 2.58. The third kappa shape index (κ3) is 3.76. The molecule has 90 valence electrons. The zero-order chi connectivity index (χ0) is 11.5. The SMILES string of the molecule is CNC(CN(C)C1CCCC1)C(C)(C)C. The summed E-state index contributed by atoms with van der Waals surface area (Å²) in [5.74, 6) is 0. The summed E-state index contributed by atoms with van der Waals surface area (Å²) in [4.78, 5) is 2.55. The van der Waals surface area contributed by atoms with Crippen molar-refractivity contribution in [3.8, 4) is 0 Å². The largest absolute Gasteiger partial charge is 0.315 e. The Morgan fingerprint density at radius 2 is 1.80 bits per heavy atom. The van der Waals surface area contributed by atoms with Crippen LogP contribution in [0.15, 0.2) is 0 Å².